The fourth-order valence-corrected chi connectivity index (χ4v) is 4.45. The third-order valence-electron chi connectivity index (χ3n) is 4.01. The highest BCUT2D eigenvalue weighted by Crippen LogP contribution is 2.22. The van der Waals surface area contributed by atoms with Crippen LogP contribution in [0.1, 0.15) is 29.9 Å². The molecule has 1 aliphatic rings. The summed E-state index contributed by atoms with van der Waals surface area (Å²) in [6.45, 7) is 6.04. The first kappa shape index (κ1) is 18.6. The van der Waals surface area contributed by atoms with Gasteiger partial charge in [-0.1, -0.05) is 5.16 Å². The first-order valence-electron chi connectivity index (χ1n) is 8.26. The molecule has 1 N–H and O–H groups in total. The Morgan fingerprint density at radius 1 is 1.19 bits per heavy atom. The molecule has 2 unspecified atom stereocenters. The second-order valence-electron chi connectivity index (χ2n) is 6.39. The Kier molecular flexibility index (Phi) is 5.12. The van der Waals surface area contributed by atoms with E-state index in [0.29, 0.717) is 24.3 Å². The Bertz CT molecular complexity index is 881. The Morgan fingerprint density at radius 2 is 1.81 bits per heavy atom. The lowest BCUT2D eigenvalue weighted by molar-refractivity contribution is -0.0440. The fraction of sp³-hybridized carbons (Fsp3) is 0.412. The summed E-state index contributed by atoms with van der Waals surface area (Å²) < 4.78 is 37.5. The van der Waals surface area contributed by atoms with Crippen LogP contribution in [0.15, 0.2) is 39.8 Å². The Balaban J connectivity index is 1.75. The van der Waals surface area contributed by atoms with Crippen molar-refractivity contribution in [3.05, 3.63) is 41.6 Å². The van der Waals surface area contributed by atoms with Gasteiger partial charge >= 0.3 is 0 Å². The summed E-state index contributed by atoms with van der Waals surface area (Å²) in [5, 5.41) is 6.26. The van der Waals surface area contributed by atoms with Crippen LogP contribution in [-0.4, -0.2) is 49.1 Å². The van der Waals surface area contributed by atoms with E-state index < -0.39 is 15.9 Å². The molecule has 0 radical (unpaired) electrons. The maximum Gasteiger partial charge on any atom is 0.258 e. The summed E-state index contributed by atoms with van der Waals surface area (Å²) in [6.07, 6.45) is -0.326. The molecule has 140 valence electrons. The van der Waals surface area contributed by atoms with Crippen molar-refractivity contribution in [2.24, 2.45) is 0 Å². The molecule has 26 heavy (non-hydrogen) atoms. The molecule has 2 aromatic rings. The molecule has 1 amide bonds. The molecule has 0 saturated carbocycles. The topological polar surface area (TPSA) is 102 Å². The average molecular weight is 379 g/mol. The van der Waals surface area contributed by atoms with Gasteiger partial charge in [0.25, 0.3) is 5.91 Å². The highest BCUT2D eigenvalue weighted by molar-refractivity contribution is 7.89. The van der Waals surface area contributed by atoms with Gasteiger partial charge < -0.3 is 9.26 Å². The zero-order valence-corrected chi connectivity index (χ0v) is 15.6. The quantitative estimate of drug-likeness (QED) is 0.872. The molecule has 1 aliphatic heterocycles. The number of nitrogens with zero attached hydrogens (tertiary/aromatic N) is 2. The predicted molar refractivity (Wildman–Crippen MR) is 94.4 cm³/mol. The Labute approximate surface area is 152 Å². The lowest BCUT2D eigenvalue weighted by Crippen LogP contribution is -2.48. The molecule has 0 bridgehead atoms. The van der Waals surface area contributed by atoms with Crippen LogP contribution in [0.4, 0.5) is 5.88 Å². The molecule has 2 atom stereocenters. The van der Waals surface area contributed by atoms with Gasteiger partial charge in [0.05, 0.1) is 22.8 Å². The van der Waals surface area contributed by atoms with Crippen molar-refractivity contribution in [2.45, 2.75) is 37.9 Å². The monoisotopic (exact) mass is 379 g/mol. The average Bonchev–Trinajstić information content (AvgIpc) is 2.99. The van der Waals surface area contributed by atoms with Crippen LogP contribution in [0, 0.1) is 6.92 Å². The van der Waals surface area contributed by atoms with Gasteiger partial charge in [0.2, 0.25) is 15.9 Å². The van der Waals surface area contributed by atoms with Crippen molar-refractivity contribution in [3.63, 3.8) is 0 Å². The number of hydrogen-bond acceptors (Lipinski definition) is 6. The number of carbonyl (C=O) groups excluding carboxylic acids is 1. The molecular weight excluding hydrogens is 358 g/mol. The number of carbonyl (C=O) groups is 1. The van der Waals surface area contributed by atoms with E-state index in [-0.39, 0.29) is 23.0 Å². The number of benzene rings is 1. The third-order valence-corrected chi connectivity index (χ3v) is 5.85. The summed E-state index contributed by atoms with van der Waals surface area (Å²) in [4.78, 5) is 12.3. The van der Waals surface area contributed by atoms with E-state index in [2.05, 4.69) is 10.5 Å². The van der Waals surface area contributed by atoms with Crippen molar-refractivity contribution in [1.29, 1.82) is 0 Å². The van der Waals surface area contributed by atoms with Gasteiger partial charge in [0, 0.05) is 24.7 Å². The lowest BCUT2D eigenvalue weighted by Gasteiger charge is -2.34. The second kappa shape index (κ2) is 7.18. The number of sulfonamides is 1. The number of aromatic nitrogens is 1. The van der Waals surface area contributed by atoms with Crippen molar-refractivity contribution < 1.29 is 22.5 Å². The molecular formula is C17H21N3O5S. The van der Waals surface area contributed by atoms with E-state index in [1.165, 1.54) is 28.6 Å². The van der Waals surface area contributed by atoms with E-state index >= 15 is 0 Å². The van der Waals surface area contributed by atoms with E-state index in [9.17, 15) is 13.2 Å². The minimum absolute atomic E-state index is 0.144. The maximum atomic E-state index is 12.8. The highest BCUT2D eigenvalue weighted by Gasteiger charge is 2.32. The van der Waals surface area contributed by atoms with Gasteiger partial charge in [-0.15, -0.1) is 0 Å². The summed E-state index contributed by atoms with van der Waals surface area (Å²) in [5.41, 5.74) is 0.970. The van der Waals surface area contributed by atoms with Crippen LogP contribution in [0.25, 0.3) is 0 Å². The largest absolute Gasteiger partial charge is 0.373 e. The Hall–Kier alpha value is -2.23. The molecule has 3 rings (SSSR count). The SMILES string of the molecule is Cc1cc(NC(=O)c2ccc(S(=O)(=O)N3CC(C)OC(C)C3)cc2)on1. The zero-order valence-electron chi connectivity index (χ0n) is 14.8. The number of amides is 1. The van der Waals surface area contributed by atoms with Crippen molar-refractivity contribution >= 4 is 21.8 Å². The van der Waals surface area contributed by atoms with Crippen LogP contribution in [-0.2, 0) is 14.8 Å². The molecule has 1 aromatic heterocycles. The van der Waals surface area contributed by atoms with E-state index in [1.807, 2.05) is 13.8 Å². The molecule has 2 heterocycles. The predicted octanol–water partition coefficient (Wildman–Crippen LogP) is 2.03. The number of rotatable bonds is 4. The number of aryl methyl sites for hydroxylation is 1. The van der Waals surface area contributed by atoms with Crippen LogP contribution in [0.3, 0.4) is 0 Å². The number of hydrogen-bond donors (Lipinski definition) is 1. The molecule has 0 spiro atoms. The van der Waals surface area contributed by atoms with Crippen molar-refractivity contribution in [2.75, 3.05) is 18.4 Å². The van der Waals surface area contributed by atoms with Crippen LogP contribution >= 0.6 is 0 Å². The number of ether oxygens (including phenoxy) is 1. The number of morpholine rings is 1. The van der Waals surface area contributed by atoms with Gasteiger partial charge in [-0.05, 0) is 45.0 Å². The maximum absolute atomic E-state index is 12.8. The minimum atomic E-state index is -3.63. The lowest BCUT2D eigenvalue weighted by atomic mass is 10.2. The molecule has 8 nitrogen and oxygen atoms in total. The summed E-state index contributed by atoms with van der Waals surface area (Å²) in [5.74, 6) is -0.167. The highest BCUT2D eigenvalue weighted by atomic mass is 32.2. The summed E-state index contributed by atoms with van der Waals surface area (Å²) in [7, 11) is -3.63. The molecule has 1 aromatic carbocycles. The fourth-order valence-electron chi connectivity index (χ4n) is 2.86. The minimum Gasteiger partial charge on any atom is -0.373 e. The van der Waals surface area contributed by atoms with Crippen molar-refractivity contribution in [1.82, 2.24) is 9.46 Å². The Morgan fingerprint density at radius 3 is 2.35 bits per heavy atom. The van der Waals surface area contributed by atoms with Gasteiger partial charge in [0.1, 0.15) is 0 Å². The van der Waals surface area contributed by atoms with E-state index in [0.717, 1.165) is 0 Å². The van der Waals surface area contributed by atoms with Crippen LogP contribution in [0.2, 0.25) is 0 Å². The first-order valence-corrected chi connectivity index (χ1v) is 9.70. The van der Waals surface area contributed by atoms with E-state index in [4.69, 9.17) is 9.26 Å². The van der Waals surface area contributed by atoms with Gasteiger partial charge in [-0.2, -0.15) is 4.31 Å². The van der Waals surface area contributed by atoms with Crippen molar-refractivity contribution in [3.8, 4) is 0 Å². The van der Waals surface area contributed by atoms with Gasteiger partial charge in [-0.3, -0.25) is 10.1 Å². The number of nitrogens with one attached hydrogen (secondary N) is 1. The first-order chi connectivity index (χ1) is 12.3. The van der Waals surface area contributed by atoms with Crippen LogP contribution < -0.4 is 5.32 Å². The summed E-state index contributed by atoms with van der Waals surface area (Å²) >= 11 is 0. The number of anilines is 1. The molecule has 1 fully saturated rings. The van der Waals surface area contributed by atoms with E-state index in [1.54, 1.807) is 13.0 Å². The third kappa shape index (κ3) is 3.95. The van der Waals surface area contributed by atoms with Gasteiger partial charge in [-0.25, -0.2) is 8.42 Å². The van der Waals surface area contributed by atoms with Gasteiger partial charge in [0.15, 0.2) is 0 Å². The standard InChI is InChI=1S/C17H21N3O5S/c1-11-8-16(25-19-11)18-17(21)14-4-6-15(7-5-14)26(22,23)20-9-12(2)24-13(3)10-20/h4-8,12-13H,9-10H2,1-3H3,(H,18,21). The zero-order chi connectivity index (χ0) is 18.9. The smallest absolute Gasteiger partial charge is 0.258 e. The molecule has 0 aliphatic carbocycles. The molecule has 1 saturated heterocycles. The normalized spacial score (nSPS) is 21.5. The summed E-state index contributed by atoms with van der Waals surface area (Å²) in [6, 6.07) is 7.40. The second-order valence-corrected chi connectivity index (χ2v) is 8.33. The van der Waals surface area contributed by atoms with Crippen LogP contribution in [0.5, 0.6) is 0 Å². The molecule has 9 heteroatoms.